The maximum Gasteiger partial charge on any atom is 0.123 e. The van der Waals surface area contributed by atoms with Crippen LogP contribution in [0.3, 0.4) is 0 Å². The second-order valence-corrected chi connectivity index (χ2v) is 4.51. The summed E-state index contributed by atoms with van der Waals surface area (Å²) in [6.07, 6.45) is 1.84. The molecule has 0 saturated carbocycles. The molecule has 0 fully saturated rings. The van der Waals surface area contributed by atoms with Gasteiger partial charge in [0.15, 0.2) is 0 Å². The Morgan fingerprint density at radius 1 is 1.14 bits per heavy atom. The van der Waals surface area contributed by atoms with Gasteiger partial charge in [0.2, 0.25) is 0 Å². The highest BCUT2D eigenvalue weighted by Gasteiger charge is 2.01. The minimum absolute atomic E-state index is 0.598. The highest BCUT2D eigenvalue weighted by atomic mass is 32.1. The highest BCUT2D eigenvalue weighted by Crippen LogP contribution is 2.23. The Morgan fingerprint density at radius 3 is 2.36 bits per heavy atom. The van der Waals surface area contributed by atoms with Crippen LogP contribution in [0, 0.1) is 0 Å². The van der Waals surface area contributed by atoms with Gasteiger partial charge < -0.3 is 0 Å². The number of benzene rings is 1. The highest BCUT2D eigenvalue weighted by molar-refractivity contribution is 7.13. The van der Waals surface area contributed by atoms with Gasteiger partial charge in [-0.05, 0) is 11.5 Å². The minimum Gasteiger partial charge on any atom is -0.245 e. The van der Waals surface area contributed by atoms with Crippen LogP contribution in [0.1, 0.15) is 25.3 Å². The molecule has 0 atom stereocenters. The summed E-state index contributed by atoms with van der Waals surface area (Å²) in [4.78, 5) is 4.28. The lowest BCUT2D eigenvalue weighted by molar-refractivity contribution is 0.867. The average molecular weight is 203 g/mol. The first-order valence-electron chi connectivity index (χ1n) is 4.77. The number of nitrogens with zero attached hydrogens (tertiary/aromatic N) is 1. The standard InChI is InChI=1S/C12H13NS/c1-9(2)10-3-5-11(6-4-10)12-13-7-8-14-12/h3-9H,1-2H3. The lowest BCUT2D eigenvalue weighted by atomic mass is 10.0. The average Bonchev–Trinajstić information content (AvgIpc) is 2.71. The van der Waals surface area contributed by atoms with Gasteiger partial charge >= 0.3 is 0 Å². The molecule has 0 aliphatic carbocycles. The number of rotatable bonds is 2. The van der Waals surface area contributed by atoms with Crippen molar-refractivity contribution in [1.82, 2.24) is 4.98 Å². The van der Waals surface area contributed by atoms with Gasteiger partial charge in [0.1, 0.15) is 5.01 Å². The lowest BCUT2D eigenvalue weighted by Crippen LogP contribution is -1.86. The van der Waals surface area contributed by atoms with Gasteiger partial charge in [0.05, 0.1) is 0 Å². The van der Waals surface area contributed by atoms with Crippen LogP contribution in [-0.2, 0) is 0 Å². The second kappa shape index (κ2) is 3.93. The normalized spacial score (nSPS) is 10.8. The summed E-state index contributed by atoms with van der Waals surface area (Å²) in [5, 5.41) is 3.10. The molecule has 2 aromatic rings. The Bertz CT molecular complexity index is 387. The van der Waals surface area contributed by atoms with Crippen molar-refractivity contribution in [3.63, 3.8) is 0 Å². The molecular weight excluding hydrogens is 190 g/mol. The summed E-state index contributed by atoms with van der Waals surface area (Å²) in [6, 6.07) is 8.66. The van der Waals surface area contributed by atoms with Crippen molar-refractivity contribution in [3.05, 3.63) is 41.4 Å². The molecule has 1 aromatic carbocycles. The van der Waals surface area contributed by atoms with E-state index < -0.39 is 0 Å². The largest absolute Gasteiger partial charge is 0.245 e. The first-order valence-corrected chi connectivity index (χ1v) is 5.65. The first-order chi connectivity index (χ1) is 6.77. The molecule has 0 aliphatic rings. The van der Waals surface area contributed by atoms with Crippen LogP contribution < -0.4 is 0 Å². The van der Waals surface area contributed by atoms with Crippen LogP contribution in [0.5, 0.6) is 0 Å². The molecule has 0 radical (unpaired) electrons. The van der Waals surface area contributed by atoms with Crippen molar-refractivity contribution in [3.8, 4) is 10.6 Å². The minimum atomic E-state index is 0.598. The van der Waals surface area contributed by atoms with E-state index in [0.29, 0.717) is 5.92 Å². The molecule has 0 aliphatic heterocycles. The molecule has 0 unspecified atom stereocenters. The maximum atomic E-state index is 4.28. The monoisotopic (exact) mass is 203 g/mol. The quantitative estimate of drug-likeness (QED) is 0.720. The molecule has 0 spiro atoms. The van der Waals surface area contributed by atoms with E-state index in [0.717, 1.165) is 5.01 Å². The molecule has 0 bridgehead atoms. The van der Waals surface area contributed by atoms with Gasteiger partial charge in [-0.3, -0.25) is 0 Å². The third-order valence-corrected chi connectivity index (χ3v) is 3.08. The van der Waals surface area contributed by atoms with E-state index in [1.165, 1.54) is 11.1 Å². The Hall–Kier alpha value is -1.15. The van der Waals surface area contributed by atoms with Crippen LogP contribution in [0.2, 0.25) is 0 Å². The van der Waals surface area contributed by atoms with Crippen molar-refractivity contribution in [2.75, 3.05) is 0 Å². The van der Waals surface area contributed by atoms with E-state index in [9.17, 15) is 0 Å². The fourth-order valence-corrected chi connectivity index (χ4v) is 2.02. The van der Waals surface area contributed by atoms with Crippen molar-refractivity contribution in [2.45, 2.75) is 19.8 Å². The molecule has 72 valence electrons. The molecule has 2 heteroatoms. The SMILES string of the molecule is CC(C)c1ccc(-c2nccs2)cc1. The molecule has 0 saturated heterocycles. The molecular formula is C12H13NS. The van der Waals surface area contributed by atoms with Gasteiger partial charge in [-0.1, -0.05) is 38.1 Å². The zero-order chi connectivity index (χ0) is 9.97. The lowest BCUT2D eigenvalue weighted by Gasteiger charge is -2.04. The van der Waals surface area contributed by atoms with Crippen molar-refractivity contribution < 1.29 is 0 Å². The molecule has 1 nitrogen and oxygen atoms in total. The molecule has 14 heavy (non-hydrogen) atoms. The summed E-state index contributed by atoms with van der Waals surface area (Å²) >= 11 is 1.68. The van der Waals surface area contributed by atoms with Crippen LogP contribution >= 0.6 is 11.3 Å². The number of thiazole rings is 1. The zero-order valence-corrected chi connectivity index (χ0v) is 9.21. The summed E-state index contributed by atoms with van der Waals surface area (Å²) < 4.78 is 0. The third kappa shape index (κ3) is 1.85. The van der Waals surface area contributed by atoms with Crippen LogP contribution in [0.4, 0.5) is 0 Å². The summed E-state index contributed by atoms with van der Waals surface area (Å²) in [5.74, 6) is 0.598. The Labute approximate surface area is 88.4 Å². The second-order valence-electron chi connectivity index (χ2n) is 3.61. The summed E-state index contributed by atoms with van der Waals surface area (Å²) in [6.45, 7) is 4.41. The van der Waals surface area contributed by atoms with Gasteiger partial charge in [-0.25, -0.2) is 4.98 Å². The number of hydrogen-bond donors (Lipinski definition) is 0. The van der Waals surface area contributed by atoms with E-state index in [-0.39, 0.29) is 0 Å². The smallest absolute Gasteiger partial charge is 0.123 e. The van der Waals surface area contributed by atoms with E-state index in [4.69, 9.17) is 0 Å². The molecule has 1 aromatic heterocycles. The molecule has 1 heterocycles. The van der Waals surface area contributed by atoms with Gasteiger partial charge in [-0.15, -0.1) is 11.3 Å². The van der Waals surface area contributed by atoms with Crippen LogP contribution in [-0.4, -0.2) is 4.98 Å². The summed E-state index contributed by atoms with van der Waals surface area (Å²) in [7, 11) is 0. The van der Waals surface area contributed by atoms with Gasteiger partial charge in [0, 0.05) is 17.1 Å². The van der Waals surface area contributed by atoms with Gasteiger partial charge in [0.25, 0.3) is 0 Å². The Kier molecular flexibility index (Phi) is 2.64. The molecule has 0 amide bonds. The van der Waals surface area contributed by atoms with Crippen molar-refractivity contribution in [1.29, 1.82) is 0 Å². The zero-order valence-electron chi connectivity index (χ0n) is 8.40. The van der Waals surface area contributed by atoms with E-state index >= 15 is 0 Å². The fraction of sp³-hybridized carbons (Fsp3) is 0.250. The van der Waals surface area contributed by atoms with E-state index in [1.54, 1.807) is 11.3 Å². The van der Waals surface area contributed by atoms with Crippen LogP contribution in [0.25, 0.3) is 10.6 Å². The Balaban J connectivity index is 2.31. The fourth-order valence-electron chi connectivity index (χ4n) is 1.38. The van der Waals surface area contributed by atoms with E-state index in [2.05, 4.69) is 43.1 Å². The maximum absolute atomic E-state index is 4.28. The summed E-state index contributed by atoms with van der Waals surface area (Å²) in [5.41, 5.74) is 2.59. The van der Waals surface area contributed by atoms with E-state index in [1.807, 2.05) is 11.6 Å². The molecule has 0 N–H and O–H groups in total. The van der Waals surface area contributed by atoms with Crippen molar-refractivity contribution >= 4 is 11.3 Å². The van der Waals surface area contributed by atoms with Gasteiger partial charge in [-0.2, -0.15) is 0 Å². The number of aromatic nitrogens is 1. The van der Waals surface area contributed by atoms with Crippen LogP contribution in [0.15, 0.2) is 35.8 Å². The predicted octanol–water partition coefficient (Wildman–Crippen LogP) is 3.93. The first kappa shape index (κ1) is 9.41. The predicted molar refractivity (Wildman–Crippen MR) is 61.6 cm³/mol. The Morgan fingerprint density at radius 2 is 1.86 bits per heavy atom. The number of hydrogen-bond acceptors (Lipinski definition) is 2. The van der Waals surface area contributed by atoms with Crippen molar-refractivity contribution in [2.24, 2.45) is 0 Å². The third-order valence-electron chi connectivity index (χ3n) is 2.26. The molecule has 2 rings (SSSR count). The topological polar surface area (TPSA) is 12.9 Å².